The molecule has 0 aliphatic heterocycles. The number of nitrogens with zero attached hydrogens (tertiary/aromatic N) is 3. The van der Waals surface area contributed by atoms with Crippen molar-refractivity contribution in [3.05, 3.63) is 83.7 Å². The van der Waals surface area contributed by atoms with Gasteiger partial charge in [0.05, 0.1) is 16.7 Å². The van der Waals surface area contributed by atoms with E-state index in [0.717, 1.165) is 65.9 Å². The summed E-state index contributed by atoms with van der Waals surface area (Å²) >= 11 is 3.61. The molecule has 0 aliphatic rings. The number of aliphatic hydroxyl groups excluding tert-OH is 1. The van der Waals surface area contributed by atoms with Crippen molar-refractivity contribution in [2.24, 2.45) is 0 Å². The highest BCUT2D eigenvalue weighted by Gasteiger charge is 2.10. The summed E-state index contributed by atoms with van der Waals surface area (Å²) < 4.78 is 0. The first-order valence-corrected chi connectivity index (χ1v) is 13.7. The van der Waals surface area contributed by atoms with E-state index >= 15 is 0 Å². The summed E-state index contributed by atoms with van der Waals surface area (Å²) in [6.45, 7) is 5.30. The van der Waals surface area contributed by atoms with Gasteiger partial charge < -0.3 is 10.1 Å². The van der Waals surface area contributed by atoms with Crippen molar-refractivity contribution < 1.29 is 5.11 Å². The number of imidazole rings is 1. The summed E-state index contributed by atoms with van der Waals surface area (Å²) in [6, 6.07) is 20.8. The zero-order valence-electron chi connectivity index (χ0n) is 19.6. The first-order valence-electron chi connectivity index (χ1n) is 11.7. The Morgan fingerprint density at radius 1 is 0.941 bits per heavy atom. The Labute approximate surface area is 210 Å². The van der Waals surface area contributed by atoms with E-state index in [4.69, 9.17) is 0 Å². The van der Waals surface area contributed by atoms with E-state index in [2.05, 4.69) is 69.2 Å². The highest BCUT2D eigenvalue weighted by Crippen LogP contribution is 2.28. The molecule has 0 amide bonds. The molecule has 0 saturated heterocycles. The lowest BCUT2D eigenvalue weighted by Gasteiger charge is -2.22. The lowest BCUT2D eigenvalue weighted by molar-refractivity contribution is 0.219. The third kappa shape index (κ3) is 7.09. The van der Waals surface area contributed by atoms with Gasteiger partial charge in [0, 0.05) is 36.5 Å². The molecular formula is C27H32N4OS2. The van der Waals surface area contributed by atoms with Crippen molar-refractivity contribution in [3.8, 4) is 0 Å². The van der Waals surface area contributed by atoms with E-state index in [9.17, 15) is 5.11 Å². The standard InChI is InChI=1S/C27H32N4OS2/c1-21-25(20-34-27-29-23-11-5-6-12-24(23)30-27)28-14-13-26(21)33-18-8-16-31(15-7-17-32)19-22-9-3-2-4-10-22/h2-6,9-14,32H,7-8,15-20H2,1H3,(H,29,30). The predicted octanol–water partition coefficient (Wildman–Crippen LogP) is 5.93. The quantitative estimate of drug-likeness (QED) is 0.178. The molecule has 0 atom stereocenters. The number of thioether (sulfide) groups is 2. The third-order valence-corrected chi connectivity index (χ3v) is 7.86. The molecule has 4 aromatic rings. The van der Waals surface area contributed by atoms with Crippen LogP contribution < -0.4 is 0 Å². The molecule has 2 aromatic heterocycles. The monoisotopic (exact) mass is 492 g/mol. The van der Waals surface area contributed by atoms with Crippen molar-refractivity contribution in [1.29, 1.82) is 0 Å². The predicted molar refractivity (Wildman–Crippen MR) is 143 cm³/mol. The van der Waals surface area contributed by atoms with Crippen LogP contribution in [0, 0.1) is 6.92 Å². The molecule has 178 valence electrons. The zero-order chi connectivity index (χ0) is 23.6. The molecule has 2 aromatic carbocycles. The molecule has 5 nitrogen and oxygen atoms in total. The van der Waals surface area contributed by atoms with Gasteiger partial charge in [-0.05, 0) is 61.4 Å². The Hall–Kier alpha value is -2.32. The second-order valence-corrected chi connectivity index (χ2v) is 10.4. The minimum absolute atomic E-state index is 0.241. The minimum atomic E-state index is 0.241. The highest BCUT2D eigenvalue weighted by molar-refractivity contribution is 7.99. The number of rotatable bonds is 13. The van der Waals surface area contributed by atoms with Crippen LogP contribution in [0.25, 0.3) is 11.0 Å². The van der Waals surface area contributed by atoms with Gasteiger partial charge in [0.25, 0.3) is 0 Å². The number of hydrogen-bond donors (Lipinski definition) is 2. The normalized spacial score (nSPS) is 11.5. The largest absolute Gasteiger partial charge is 0.396 e. The van der Waals surface area contributed by atoms with Gasteiger partial charge in [0.1, 0.15) is 0 Å². The maximum absolute atomic E-state index is 9.27. The van der Waals surface area contributed by atoms with Crippen LogP contribution in [0.1, 0.15) is 29.7 Å². The minimum Gasteiger partial charge on any atom is -0.396 e. The lowest BCUT2D eigenvalue weighted by atomic mass is 10.2. The fraction of sp³-hybridized carbons (Fsp3) is 0.333. The first-order chi connectivity index (χ1) is 16.7. The first kappa shape index (κ1) is 24.8. The molecule has 0 bridgehead atoms. The molecule has 2 heterocycles. The van der Waals surface area contributed by atoms with Gasteiger partial charge in [-0.3, -0.25) is 9.88 Å². The van der Waals surface area contributed by atoms with Crippen LogP contribution in [-0.2, 0) is 12.3 Å². The second kappa shape index (κ2) is 13.0. The smallest absolute Gasteiger partial charge is 0.166 e. The summed E-state index contributed by atoms with van der Waals surface area (Å²) in [6.07, 6.45) is 3.84. The van der Waals surface area contributed by atoms with E-state index in [1.165, 1.54) is 16.0 Å². The van der Waals surface area contributed by atoms with Crippen molar-refractivity contribution in [2.75, 3.05) is 25.4 Å². The number of aromatic nitrogens is 3. The van der Waals surface area contributed by atoms with Gasteiger partial charge in [0.15, 0.2) is 5.16 Å². The average molecular weight is 493 g/mol. The van der Waals surface area contributed by atoms with E-state index in [-0.39, 0.29) is 6.61 Å². The van der Waals surface area contributed by atoms with Gasteiger partial charge in [-0.15, -0.1) is 11.8 Å². The Kier molecular flexibility index (Phi) is 9.44. The Morgan fingerprint density at radius 2 is 1.74 bits per heavy atom. The highest BCUT2D eigenvalue weighted by atomic mass is 32.2. The van der Waals surface area contributed by atoms with Gasteiger partial charge in [-0.25, -0.2) is 4.98 Å². The molecule has 0 unspecified atom stereocenters. The summed E-state index contributed by atoms with van der Waals surface area (Å²) in [5.41, 5.74) is 5.77. The number of fused-ring (bicyclic) bond motifs is 1. The summed E-state index contributed by atoms with van der Waals surface area (Å²) in [5, 5.41) is 10.2. The van der Waals surface area contributed by atoms with Gasteiger partial charge in [0.2, 0.25) is 0 Å². The van der Waals surface area contributed by atoms with Crippen molar-refractivity contribution >= 4 is 34.6 Å². The van der Waals surface area contributed by atoms with E-state index in [1.807, 2.05) is 36.2 Å². The van der Waals surface area contributed by atoms with Crippen LogP contribution in [0.2, 0.25) is 0 Å². The van der Waals surface area contributed by atoms with E-state index in [1.54, 1.807) is 11.8 Å². The summed E-state index contributed by atoms with van der Waals surface area (Å²) in [4.78, 5) is 16.4. The number of para-hydroxylation sites is 2. The molecule has 34 heavy (non-hydrogen) atoms. The number of benzene rings is 2. The molecule has 2 N–H and O–H groups in total. The van der Waals surface area contributed by atoms with E-state index < -0.39 is 0 Å². The zero-order valence-corrected chi connectivity index (χ0v) is 21.2. The van der Waals surface area contributed by atoms with Gasteiger partial charge in [-0.2, -0.15) is 0 Å². The fourth-order valence-corrected chi connectivity index (χ4v) is 5.77. The molecule has 0 radical (unpaired) electrons. The second-order valence-electron chi connectivity index (χ2n) is 8.27. The van der Waals surface area contributed by atoms with Gasteiger partial charge >= 0.3 is 0 Å². The van der Waals surface area contributed by atoms with Crippen LogP contribution in [0.15, 0.2) is 76.9 Å². The maximum Gasteiger partial charge on any atom is 0.166 e. The SMILES string of the molecule is Cc1c(SCCCN(CCCO)Cc2ccccc2)ccnc1CSc1nc2ccccc2[nH]1. The van der Waals surface area contributed by atoms with Crippen LogP contribution in [0.5, 0.6) is 0 Å². The number of nitrogens with one attached hydrogen (secondary N) is 1. The van der Waals surface area contributed by atoms with Crippen LogP contribution in [0.3, 0.4) is 0 Å². The summed E-state index contributed by atoms with van der Waals surface area (Å²) in [5.74, 6) is 1.86. The maximum atomic E-state index is 9.27. The van der Waals surface area contributed by atoms with E-state index in [0.29, 0.717) is 0 Å². The molecule has 0 spiro atoms. The molecule has 4 rings (SSSR count). The van der Waals surface area contributed by atoms with Crippen LogP contribution in [-0.4, -0.2) is 50.4 Å². The Morgan fingerprint density at radius 3 is 2.56 bits per heavy atom. The van der Waals surface area contributed by atoms with Crippen molar-refractivity contribution in [2.45, 2.75) is 42.1 Å². The number of pyridine rings is 1. The van der Waals surface area contributed by atoms with Crippen molar-refractivity contribution in [1.82, 2.24) is 19.9 Å². The van der Waals surface area contributed by atoms with Crippen molar-refractivity contribution in [3.63, 3.8) is 0 Å². The molecular weight excluding hydrogens is 460 g/mol. The number of hydrogen-bond acceptors (Lipinski definition) is 6. The molecule has 0 fully saturated rings. The Balaban J connectivity index is 1.28. The van der Waals surface area contributed by atoms with Crippen LogP contribution >= 0.6 is 23.5 Å². The average Bonchev–Trinajstić information content (AvgIpc) is 3.29. The lowest BCUT2D eigenvalue weighted by Crippen LogP contribution is -2.26. The number of H-pyrrole nitrogens is 1. The number of aromatic amines is 1. The van der Waals surface area contributed by atoms with Gasteiger partial charge in [-0.1, -0.05) is 54.2 Å². The molecule has 0 saturated carbocycles. The Bertz CT molecular complexity index is 1130. The van der Waals surface area contributed by atoms with Crippen LogP contribution in [0.4, 0.5) is 0 Å². The molecule has 0 aliphatic carbocycles. The summed E-state index contributed by atoms with van der Waals surface area (Å²) in [7, 11) is 0. The fourth-order valence-electron chi connectivity index (χ4n) is 3.87. The molecule has 7 heteroatoms. The topological polar surface area (TPSA) is 65.0 Å². The number of aliphatic hydroxyl groups is 1. The third-order valence-electron chi connectivity index (χ3n) is 5.73.